The molecule has 2 aliphatic rings. The summed E-state index contributed by atoms with van der Waals surface area (Å²) in [7, 11) is 1.53. The first-order valence-corrected chi connectivity index (χ1v) is 9.87. The van der Waals surface area contributed by atoms with Crippen LogP contribution in [0.3, 0.4) is 0 Å². The van der Waals surface area contributed by atoms with Crippen LogP contribution in [-0.2, 0) is 7.05 Å². The number of piperidine rings is 1. The molecule has 2 bridgehead atoms. The molecule has 28 heavy (non-hydrogen) atoms. The van der Waals surface area contributed by atoms with Gasteiger partial charge in [0.2, 0.25) is 11.7 Å². The first kappa shape index (κ1) is 18.9. The summed E-state index contributed by atoms with van der Waals surface area (Å²) in [6.07, 6.45) is 3.40. The minimum atomic E-state index is -0.512. The Labute approximate surface area is 166 Å². The van der Waals surface area contributed by atoms with Gasteiger partial charge in [0.15, 0.2) is 5.15 Å². The molecule has 2 saturated heterocycles. The highest BCUT2D eigenvalue weighted by molar-refractivity contribution is 6.30. The standard InChI is InChI=1S/C18H23ClN6O3/c1-9(2)13-8-14(21-22-15(13)19)28-12-6-10-4-5-11(7-12)25(10)16-17(26)20-18(27)24(3)23-16/h8-12H,4-7H2,1-3H3,(H,20,26,27). The van der Waals surface area contributed by atoms with Gasteiger partial charge in [-0.15, -0.1) is 15.3 Å². The third kappa shape index (κ3) is 3.39. The zero-order valence-corrected chi connectivity index (χ0v) is 16.8. The largest absolute Gasteiger partial charge is 0.473 e. The number of hydrogen-bond acceptors (Lipinski definition) is 7. The summed E-state index contributed by atoms with van der Waals surface area (Å²) in [4.78, 5) is 28.3. The van der Waals surface area contributed by atoms with Gasteiger partial charge in [-0.2, -0.15) is 0 Å². The van der Waals surface area contributed by atoms with Gasteiger partial charge in [0, 0.05) is 38.0 Å². The number of nitrogens with one attached hydrogen (secondary N) is 1. The van der Waals surface area contributed by atoms with Crippen molar-refractivity contribution >= 4 is 17.4 Å². The van der Waals surface area contributed by atoms with Crippen molar-refractivity contribution in [2.45, 2.75) is 63.6 Å². The monoisotopic (exact) mass is 406 g/mol. The molecular formula is C18H23ClN6O3. The molecular weight excluding hydrogens is 384 g/mol. The summed E-state index contributed by atoms with van der Waals surface area (Å²) in [5.41, 5.74) is -0.0425. The smallest absolute Gasteiger partial charge is 0.344 e. The van der Waals surface area contributed by atoms with Crippen LogP contribution in [0.25, 0.3) is 0 Å². The molecule has 0 amide bonds. The van der Waals surface area contributed by atoms with Crippen LogP contribution in [0.2, 0.25) is 5.15 Å². The van der Waals surface area contributed by atoms with Gasteiger partial charge in [-0.05, 0) is 24.3 Å². The lowest BCUT2D eigenvalue weighted by molar-refractivity contribution is 0.142. The molecule has 2 aliphatic heterocycles. The fraction of sp³-hybridized carbons (Fsp3) is 0.611. The Morgan fingerprint density at radius 1 is 1.21 bits per heavy atom. The number of fused-ring (bicyclic) bond motifs is 2. The zero-order valence-electron chi connectivity index (χ0n) is 16.1. The Kier molecular flexibility index (Phi) is 4.86. The van der Waals surface area contributed by atoms with Crippen molar-refractivity contribution in [3.8, 4) is 5.88 Å². The predicted octanol–water partition coefficient (Wildman–Crippen LogP) is 1.61. The van der Waals surface area contributed by atoms with Crippen LogP contribution in [0.4, 0.5) is 5.82 Å². The summed E-state index contributed by atoms with van der Waals surface area (Å²) >= 11 is 6.12. The Balaban J connectivity index is 1.53. The van der Waals surface area contributed by atoms with Gasteiger partial charge in [-0.1, -0.05) is 25.4 Å². The highest BCUT2D eigenvalue weighted by atomic mass is 35.5. The van der Waals surface area contributed by atoms with E-state index in [1.807, 2.05) is 24.8 Å². The number of aryl methyl sites for hydroxylation is 1. The topological polar surface area (TPSA) is 106 Å². The van der Waals surface area contributed by atoms with Crippen molar-refractivity contribution in [2.24, 2.45) is 7.05 Å². The molecule has 150 valence electrons. The molecule has 2 atom stereocenters. The van der Waals surface area contributed by atoms with E-state index >= 15 is 0 Å². The van der Waals surface area contributed by atoms with Crippen LogP contribution in [0.15, 0.2) is 15.7 Å². The lowest BCUT2D eigenvalue weighted by Gasteiger charge is -2.38. The molecule has 2 aromatic rings. The Morgan fingerprint density at radius 2 is 1.89 bits per heavy atom. The van der Waals surface area contributed by atoms with E-state index in [2.05, 4.69) is 20.3 Å². The summed E-state index contributed by atoms with van der Waals surface area (Å²) in [6, 6.07) is 2.13. The minimum Gasteiger partial charge on any atom is -0.473 e. The Bertz CT molecular complexity index is 990. The Hall–Kier alpha value is -2.42. The second-order valence-corrected chi connectivity index (χ2v) is 8.15. The summed E-state index contributed by atoms with van der Waals surface area (Å²) in [5.74, 6) is 1.01. The van der Waals surface area contributed by atoms with E-state index in [1.54, 1.807) is 0 Å². The molecule has 2 aromatic heterocycles. The molecule has 4 rings (SSSR count). The number of anilines is 1. The molecule has 0 spiro atoms. The summed E-state index contributed by atoms with van der Waals surface area (Å²) in [5, 5.41) is 12.7. The molecule has 10 heteroatoms. The maximum Gasteiger partial charge on any atom is 0.344 e. The predicted molar refractivity (Wildman–Crippen MR) is 104 cm³/mol. The number of aromatic amines is 1. The van der Waals surface area contributed by atoms with Crippen molar-refractivity contribution in [1.29, 1.82) is 0 Å². The van der Waals surface area contributed by atoms with E-state index in [9.17, 15) is 9.59 Å². The lowest BCUT2D eigenvalue weighted by atomic mass is 9.99. The molecule has 0 aliphatic carbocycles. The maximum absolute atomic E-state index is 12.3. The van der Waals surface area contributed by atoms with Crippen molar-refractivity contribution in [1.82, 2.24) is 25.0 Å². The van der Waals surface area contributed by atoms with Crippen molar-refractivity contribution in [2.75, 3.05) is 4.90 Å². The molecule has 4 heterocycles. The quantitative estimate of drug-likeness (QED) is 0.822. The van der Waals surface area contributed by atoms with Gasteiger partial charge in [0.25, 0.3) is 5.56 Å². The van der Waals surface area contributed by atoms with Crippen LogP contribution < -0.4 is 20.9 Å². The van der Waals surface area contributed by atoms with E-state index in [0.29, 0.717) is 16.9 Å². The van der Waals surface area contributed by atoms with E-state index in [1.165, 1.54) is 7.05 Å². The van der Waals surface area contributed by atoms with Crippen LogP contribution in [0, 0.1) is 0 Å². The second kappa shape index (κ2) is 7.20. The Morgan fingerprint density at radius 3 is 2.54 bits per heavy atom. The third-order valence-corrected chi connectivity index (χ3v) is 5.85. The average Bonchev–Trinajstić information content (AvgIpc) is 2.89. The molecule has 0 aromatic carbocycles. The molecule has 2 unspecified atom stereocenters. The number of nitrogens with zero attached hydrogens (tertiary/aromatic N) is 5. The number of halogens is 1. The van der Waals surface area contributed by atoms with Gasteiger partial charge in [0.1, 0.15) is 6.10 Å². The van der Waals surface area contributed by atoms with E-state index in [4.69, 9.17) is 16.3 Å². The van der Waals surface area contributed by atoms with E-state index < -0.39 is 11.2 Å². The van der Waals surface area contributed by atoms with Crippen molar-refractivity contribution in [3.05, 3.63) is 37.6 Å². The molecule has 0 radical (unpaired) electrons. The third-order valence-electron chi connectivity index (χ3n) is 5.56. The SMILES string of the molecule is CC(C)c1cc(OC2CC3CCC(C2)N3c2nn(C)c(=O)[nH]c2=O)nnc1Cl. The van der Waals surface area contributed by atoms with Crippen LogP contribution in [0.5, 0.6) is 5.88 Å². The number of H-pyrrole nitrogens is 1. The number of ether oxygens (including phenoxy) is 1. The van der Waals surface area contributed by atoms with Crippen molar-refractivity contribution in [3.63, 3.8) is 0 Å². The molecule has 0 saturated carbocycles. The number of rotatable bonds is 4. The van der Waals surface area contributed by atoms with Gasteiger partial charge in [-0.3, -0.25) is 9.78 Å². The normalized spacial score (nSPS) is 24.0. The highest BCUT2D eigenvalue weighted by Crippen LogP contribution is 2.38. The summed E-state index contributed by atoms with van der Waals surface area (Å²) < 4.78 is 7.28. The minimum absolute atomic E-state index is 0.0177. The highest BCUT2D eigenvalue weighted by Gasteiger charge is 2.43. The van der Waals surface area contributed by atoms with Crippen LogP contribution in [0.1, 0.15) is 51.0 Å². The fourth-order valence-corrected chi connectivity index (χ4v) is 4.52. The van der Waals surface area contributed by atoms with Gasteiger partial charge < -0.3 is 9.64 Å². The van der Waals surface area contributed by atoms with Crippen LogP contribution in [-0.4, -0.2) is 43.1 Å². The van der Waals surface area contributed by atoms with Crippen LogP contribution >= 0.6 is 11.6 Å². The first-order valence-electron chi connectivity index (χ1n) is 9.49. The van der Waals surface area contributed by atoms with Gasteiger partial charge in [-0.25, -0.2) is 9.48 Å². The first-order chi connectivity index (χ1) is 13.3. The second-order valence-electron chi connectivity index (χ2n) is 7.79. The zero-order chi connectivity index (χ0) is 20.0. The number of aromatic nitrogens is 5. The lowest BCUT2D eigenvalue weighted by Crippen LogP contribution is -2.50. The van der Waals surface area contributed by atoms with Gasteiger partial charge >= 0.3 is 5.69 Å². The summed E-state index contributed by atoms with van der Waals surface area (Å²) in [6.45, 7) is 4.09. The fourth-order valence-electron chi connectivity index (χ4n) is 4.21. The molecule has 9 nitrogen and oxygen atoms in total. The molecule has 2 fully saturated rings. The maximum atomic E-state index is 12.3. The number of hydrogen-bond donors (Lipinski definition) is 1. The van der Waals surface area contributed by atoms with Gasteiger partial charge in [0.05, 0.1) is 0 Å². The molecule has 1 N–H and O–H groups in total. The van der Waals surface area contributed by atoms with E-state index in [-0.39, 0.29) is 24.1 Å². The average molecular weight is 407 g/mol. The van der Waals surface area contributed by atoms with Crippen molar-refractivity contribution < 1.29 is 4.74 Å². The van der Waals surface area contributed by atoms with E-state index in [0.717, 1.165) is 35.9 Å².